The lowest BCUT2D eigenvalue weighted by Gasteiger charge is -2.49. The fourth-order valence-electron chi connectivity index (χ4n) is 7.02. The van der Waals surface area contributed by atoms with Gasteiger partial charge in [-0.2, -0.15) is 5.26 Å². The SMILES string of the molecule is C[C@@H]1CN(c2ncnc3c2C2(CCC2)CN3c2cc(C#N)ccn2)[C@@H](C)CN1C(=O)C(C)(C)N1CCCC1. The number of hydrogen-bond donors (Lipinski definition) is 0. The van der Waals surface area contributed by atoms with E-state index >= 15 is 0 Å². The van der Waals surface area contributed by atoms with Gasteiger partial charge in [-0.25, -0.2) is 15.0 Å². The lowest BCUT2D eigenvalue weighted by Crippen LogP contribution is -2.64. The summed E-state index contributed by atoms with van der Waals surface area (Å²) in [5, 5.41) is 9.44. The van der Waals surface area contributed by atoms with Crippen LogP contribution in [-0.4, -0.2) is 81.0 Å². The number of hydrogen-bond acceptors (Lipinski definition) is 8. The highest BCUT2D eigenvalue weighted by Crippen LogP contribution is 2.56. The number of anilines is 3. The number of carbonyl (C=O) groups excluding carboxylic acids is 1. The molecule has 6 rings (SSSR count). The lowest BCUT2D eigenvalue weighted by atomic mass is 9.66. The maximum atomic E-state index is 13.8. The summed E-state index contributed by atoms with van der Waals surface area (Å²) in [6.07, 6.45) is 9.09. The van der Waals surface area contributed by atoms with Crippen molar-refractivity contribution in [1.29, 1.82) is 5.26 Å². The van der Waals surface area contributed by atoms with Gasteiger partial charge in [-0.05, 0) is 78.6 Å². The molecule has 38 heavy (non-hydrogen) atoms. The lowest BCUT2D eigenvalue weighted by molar-refractivity contribution is -0.145. The molecule has 9 nitrogen and oxygen atoms in total. The number of rotatable bonds is 4. The summed E-state index contributed by atoms with van der Waals surface area (Å²) in [5.41, 5.74) is 1.33. The van der Waals surface area contributed by atoms with Gasteiger partial charge in [0.1, 0.15) is 23.8 Å². The Morgan fingerprint density at radius 3 is 2.47 bits per heavy atom. The van der Waals surface area contributed by atoms with E-state index < -0.39 is 5.54 Å². The molecule has 3 aliphatic heterocycles. The predicted octanol–water partition coefficient (Wildman–Crippen LogP) is 3.62. The number of aromatic nitrogens is 3. The first-order chi connectivity index (χ1) is 18.2. The third kappa shape index (κ3) is 3.84. The van der Waals surface area contributed by atoms with E-state index in [0.717, 1.165) is 56.5 Å². The summed E-state index contributed by atoms with van der Waals surface area (Å²) in [4.78, 5) is 37.1. The summed E-state index contributed by atoms with van der Waals surface area (Å²) in [6, 6.07) is 6.03. The fraction of sp³-hybridized carbons (Fsp3) is 0.621. The van der Waals surface area contributed by atoms with E-state index in [4.69, 9.17) is 9.97 Å². The van der Waals surface area contributed by atoms with Crippen LogP contribution in [0.25, 0.3) is 0 Å². The first-order valence-electron chi connectivity index (χ1n) is 14.1. The molecule has 0 unspecified atom stereocenters. The number of nitrogens with zero attached hydrogens (tertiary/aromatic N) is 8. The van der Waals surface area contributed by atoms with Crippen molar-refractivity contribution in [1.82, 2.24) is 24.8 Å². The molecule has 2 atom stereocenters. The average Bonchev–Trinajstić information content (AvgIpc) is 3.57. The summed E-state index contributed by atoms with van der Waals surface area (Å²) in [6.45, 7) is 12.8. The number of nitriles is 1. The second-order valence-electron chi connectivity index (χ2n) is 12.2. The van der Waals surface area contributed by atoms with Crippen LogP contribution in [0.3, 0.4) is 0 Å². The first kappa shape index (κ1) is 25.1. The standard InChI is InChI=1S/C29H38N8O/c1-20-17-36(27(38)28(3,4)34-12-5-6-13-34)21(2)16-35(20)25-24-26(33-19-32-25)37(18-29(24)9-7-10-29)23-14-22(15-30)8-11-31-23/h8,11,14,19-21H,5-7,9-10,12-13,16-18H2,1-4H3/t20-,21+/m0/s1. The third-order valence-corrected chi connectivity index (χ3v) is 9.45. The number of carbonyl (C=O) groups is 1. The maximum absolute atomic E-state index is 13.8. The first-order valence-corrected chi connectivity index (χ1v) is 14.1. The van der Waals surface area contributed by atoms with Crippen LogP contribution >= 0.6 is 0 Å². The van der Waals surface area contributed by atoms with Crippen molar-refractivity contribution in [2.75, 3.05) is 42.5 Å². The highest BCUT2D eigenvalue weighted by Gasteiger charge is 2.52. The Balaban J connectivity index is 1.31. The number of likely N-dealkylation sites (tertiary alicyclic amines) is 1. The number of fused-ring (bicyclic) bond motifs is 2. The van der Waals surface area contributed by atoms with E-state index in [9.17, 15) is 10.1 Å². The molecule has 2 aromatic heterocycles. The van der Waals surface area contributed by atoms with Gasteiger partial charge in [0, 0.05) is 48.9 Å². The van der Waals surface area contributed by atoms with Gasteiger partial charge in [0.05, 0.1) is 17.2 Å². The van der Waals surface area contributed by atoms with E-state index in [2.05, 4.69) is 58.3 Å². The molecule has 1 amide bonds. The molecule has 2 saturated heterocycles. The Hall–Kier alpha value is -3.25. The van der Waals surface area contributed by atoms with Crippen LogP contribution in [0.4, 0.5) is 17.5 Å². The topological polar surface area (TPSA) is 92.5 Å². The van der Waals surface area contributed by atoms with E-state index in [1.54, 1.807) is 18.6 Å². The molecule has 2 aromatic rings. The Bertz CT molecular complexity index is 1280. The van der Waals surface area contributed by atoms with Crippen LogP contribution < -0.4 is 9.80 Å². The normalized spacial score (nSPS) is 24.9. The molecule has 5 heterocycles. The van der Waals surface area contributed by atoms with Crippen LogP contribution in [0.5, 0.6) is 0 Å². The molecule has 0 aromatic carbocycles. The zero-order chi connectivity index (χ0) is 26.7. The summed E-state index contributed by atoms with van der Waals surface area (Å²) in [7, 11) is 0. The number of amides is 1. The van der Waals surface area contributed by atoms with Crippen LogP contribution in [-0.2, 0) is 10.2 Å². The highest BCUT2D eigenvalue weighted by molar-refractivity contribution is 5.86. The summed E-state index contributed by atoms with van der Waals surface area (Å²) in [5.74, 6) is 2.90. The Morgan fingerprint density at radius 2 is 1.79 bits per heavy atom. The van der Waals surface area contributed by atoms with Crippen molar-refractivity contribution in [3.63, 3.8) is 0 Å². The van der Waals surface area contributed by atoms with Crippen LogP contribution in [0.1, 0.15) is 70.9 Å². The second kappa shape index (κ2) is 9.19. The second-order valence-corrected chi connectivity index (χ2v) is 12.2. The smallest absolute Gasteiger partial charge is 0.242 e. The van der Waals surface area contributed by atoms with E-state index in [-0.39, 0.29) is 23.4 Å². The maximum Gasteiger partial charge on any atom is 0.242 e. The van der Waals surface area contributed by atoms with Crippen molar-refractivity contribution in [3.8, 4) is 6.07 Å². The molecule has 1 aliphatic carbocycles. The van der Waals surface area contributed by atoms with Crippen LogP contribution in [0.15, 0.2) is 24.7 Å². The molecular weight excluding hydrogens is 476 g/mol. The Kier molecular flexibility index (Phi) is 6.06. The van der Waals surface area contributed by atoms with Gasteiger partial charge in [-0.1, -0.05) is 6.42 Å². The van der Waals surface area contributed by atoms with Gasteiger partial charge in [0.2, 0.25) is 5.91 Å². The zero-order valence-corrected chi connectivity index (χ0v) is 23.0. The van der Waals surface area contributed by atoms with Gasteiger partial charge in [-0.3, -0.25) is 9.69 Å². The molecule has 1 spiro atoms. The van der Waals surface area contributed by atoms with Crippen molar-refractivity contribution in [2.45, 2.75) is 82.8 Å². The summed E-state index contributed by atoms with van der Waals surface area (Å²) < 4.78 is 0. The monoisotopic (exact) mass is 514 g/mol. The van der Waals surface area contributed by atoms with Gasteiger partial charge in [0.25, 0.3) is 0 Å². The largest absolute Gasteiger partial charge is 0.350 e. The molecule has 1 saturated carbocycles. The molecular formula is C29H38N8O. The predicted molar refractivity (Wildman–Crippen MR) is 146 cm³/mol. The molecule has 0 radical (unpaired) electrons. The average molecular weight is 515 g/mol. The van der Waals surface area contributed by atoms with Crippen molar-refractivity contribution < 1.29 is 4.79 Å². The third-order valence-electron chi connectivity index (χ3n) is 9.45. The van der Waals surface area contributed by atoms with Gasteiger partial charge < -0.3 is 14.7 Å². The van der Waals surface area contributed by atoms with E-state index in [1.807, 2.05) is 6.07 Å². The molecule has 0 bridgehead atoms. The van der Waals surface area contributed by atoms with Crippen molar-refractivity contribution in [3.05, 3.63) is 35.8 Å². The van der Waals surface area contributed by atoms with Gasteiger partial charge >= 0.3 is 0 Å². The molecule has 9 heteroatoms. The van der Waals surface area contributed by atoms with Crippen molar-refractivity contribution >= 4 is 23.4 Å². The Labute approximate surface area is 225 Å². The minimum absolute atomic E-state index is 0.00388. The minimum atomic E-state index is -0.482. The molecule has 200 valence electrons. The highest BCUT2D eigenvalue weighted by atomic mass is 16.2. The van der Waals surface area contributed by atoms with E-state index in [1.165, 1.54) is 24.8 Å². The summed E-state index contributed by atoms with van der Waals surface area (Å²) >= 11 is 0. The quantitative estimate of drug-likeness (QED) is 0.611. The molecule has 3 fully saturated rings. The van der Waals surface area contributed by atoms with Crippen molar-refractivity contribution in [2.24, 2.45) is 0 Å². The van der Waals surface area contributed by atoms with Crippen LogP contribution in [0.2, 0.25) is 0 Å². The van der Waals surface area contributed by atoms with Crippen LogP contribution in [0, 0.1) is 11.3 Å². The van der Waals surface area contributed by atoms with Gasteiger partial charge in [-0.15, -0.1) is 0 Å². The Morgan fingerprint density at radius 1 is 1.05 bits per heavy atom. The molecule has 4 aliphatic rings. The number of pyridine rings is 1. The van der Waals surface area contributed by atoms with E-state index in [0.29, 0.717) is 12.1 Å². The zero-order valence-electron chi connectivity index (χ0n) is 23.0. The number of piperazine rings is 1. The fourth-order valence-corrected chi connectivity index (χ4v) is 7.02. The minimum Gasteiger partial charge on any atom is -0.350 e. The van der Waals surface area contributed by atoms with Gasteiger partial charge in [0.15, 0.2) is 0 Å². The molecule has 0 N–H and O–H groups in total.